The zero-order valence-electron chi connectivity index (χ0n) is 14.5. The van der Waals surface area contributed by atoms with Crippen LogP contribution in [0.5, 0.6) is 5.75 Å². The lowest BCUT2D eigenvalue weighted by Crippen LogP contribution is -2.31. The molecular formula is C18H21N3O3S. The van der Waals surface area contributed by atoms with Gasteiger partial charge >= 0.3 is 0 Å². The Morgan fingerprint density at radius 2 is 2.00 bits per heavy atom. The van der Waals surface area contributed by atoms with E-state index in [4.69, 9.17) is 4.74 Å². The van der Waals surface area contributed by atoms with Gasteiger partial charge in [0.25, 0.3) is 5.56 Å². The number of amides is 1. The van der Waals surface area contributed by atoms with Crippen LogP contribution in [0.1, 0.15) is 44.2 Å². The van der Waals surface area contributed by atoms with Crippen LogP contribution < -0.4 is 15.6 Å². The summed E-state index contributed by atoms with van der Waals surface area (Å²) in [6.45, 7) is 5.91. The monoisotopic (exact) mass is 359 g/mol. The number of hydrogen-bond acceptors (Lipinski definition) is 5. The van der Waals surface area contributed by atoms with E-state index >= 15 is 0 Å². The largest absolute Gasteiger partial charge is 0.491 e. The molecule has 0 radical (unpaired) electrons. The van der Waals surface area contributed by atoms with Crippen molar-refractivity contribution in [2.75, 3.05) is 11.1 Å². The van der Waals surface area contributed by atoms with Crippen LogP contribution in [0.2, 0.25) is 0 Å². The average Bonchev–Trinajstić information content (AvgIpc) is 2.54. The number of rotatable bonds is 5. The molecule has 1 unspecified atom stereocenters. The van der Waals surface area contributed by atoms with Crippen molar-refractivity contribution in [3.8, 4) is 5.75 Å². The predicted octanol–water partition coefficient (Wildman–Crippen LogP) is 3.14. The third kappa shape index (κ3) is 3.87. The van der Waals surface area contributed by atoms with E-state index in [0.717, 1.165) is 17.1 Å². The summed E-state index contributed by atoms with van der Waals surface area (Å²) in [7, 11) is 0. The highest BCUT2D eigenvalue weighted by Gasteiger charge is 2.30. The first kappa shape index (κ1) is 17.5. The first-order chi connectivity index (χ1) is 12.0. The Kier molecular flexibility index (Phi) is 5.13. The number of hydrogen-bond donors (Lipinski definition) is 2. The van der Waals surface area contributed by atoms with Crippen LogP contribution in [0.4, 0.5) is 5.82 Å². The maximum absolute atomic E-state index is 12.6. The molecule has 25 heavy (non-hydrogen) atoms. The molecule has 0 bridgehead atoms. The highest BCUT2D eigenvalue weighted by atomic mass is 32.2. The van der Waals surface area contributed by atoms with Gasteiger partial charge in [-0.15, -0.1) is 0 Å². The maximum Gasteiger partial charge on any atom is 0.257 e. The van der Waals surface area contributed by atoms with Crippen molar-refractivity contribution in [1.82, 2.24) is 9.97 Å². The smallest absolute Gasteiger partial charge is 0.257 e. The van der Waals surface area contributed by atoms with Gasteiger partial charge in [0.2, 0.25) is 5.91 Å². The Bertz CT molecular complexity index is 830. The number of carbonyl (C=O) groups is 1. The fourth-order valence-corrected chi connectivity index (χ4v) is 3.49. The molecule has 1 aromatic heterocycles. The molecule has 2 N–H and O–H groups in total. The minimum atomic E-state index is -0.311. The molecule has 7 heteroatoms. The van der Waals surface area contributed by atoms with E-state index in [9.17, 15) is 9.59 Å². The molecule has 1 aromatic carbocycles. The lowest BCUT2D eigenvalue weighted by atomic mass is 9.87. The summed E-state index contributed by atoms with van der Waals surface area (Å²) in [5, 5.41) is 3.25. The van der Waals surface area contributed by atoms with Gasteiger partial charge in [0, 0.05) is 12.3 Å². The molecular weight excluding hydrogens is 338 g/mol. The number of nitrogens with zero attached hydrogens (tertiary/aromatic N) is 1. The highest BCUT2D eigenvalue weighted by molar-refractivity contribution is 7.99. The topological polar surface area (TPSA) is 84.1 Å². The van der Waals surface area contributed by atoms with Crippen LogP contribution in [-0.2, 0) is 4.79 Å². The van der Waals surface area contributed by atoms with Crippen molar-refractivity contribution in [3.05, 3.63) is 45.7 Å². The minimum absolute atomic E-state index is 0.0913. The number of aromatic nitrogens is 2. The predicted molar refractivity (Wildman–Crippen MR) is 98.6 cm³/mol. The van der Waals surface area contributed by atoms with Crippen molar-refractivity contribution in [2.24, 2.45) is 0 Å². The fourth-order valence-electron chi connectivity index (χ4n) is 2.89. The lowest BCUT2D eigenvalue weighted by Gasteiger charge is -2.24. The molecule has 2 heterocycles. The number of ether oxygens (including phenoxy) is 1. The average molecular weight is 359 g/mol. The molecule has 0 saturated heterocycles. The molecule has 1 aliphatic heterocycles. The number of nitrogens with one attached hydrogen (secondary N) is 2. The second-order valence-corrected chi connectivity index (χ2v) is 7.36. The zero-order chi connectivity index (χ0) is 18.0. The van der Waals surface area contributed by atoms with Crippen LogP contribution in [0.15, 0.2) is 34.2 Å². The SMILES string of the molecule is CCSc1nc2c(c(=O)[nH]1)C(c1ccc(OC(C)C)cc1)CC(=O)N2. The summed E-state index contributed by atoms with van der Waals surface area (Å²) in [5.74, 6) is 1.47. The Labute approximate surface area is 150 Å². The normalized spacial score (nSPS) is 16.5. The number of thioether (sulfide) groups is 1. The number of carbonyl (C=O) groups excluding carboxylic acids is 1. The van der Waals surface area contributed by atoms with E-state index in [1.807, 2.05) is 45.0 Å². The van der Waals surface area contributed by atoms with Crippen LogP contribution >= 0.6 is 11.8 Å². The Morgan fingerprint density at radius 3 is 2.64 bits per heavy atom. The number of anilines is 1. The summed E-state index contributed by atoms with van der Waals surface area (Å²) in [5.41, 5.74) is 1.21. The lowest BCUT2D eigenvalue weighted by molar-refractivity contribution is -0.116. The Morgan fingerprint density at radius 1 is 1.28 bits per heavy atom. The summed E-state index contributed by atoms with van der Waals surface area (Å²) < 4.78 is 5.65. The fraction of sp³-hybridized carbons (Fsp3) is 0.389. The standard InChI is InChI=1S/C18H21N3O3S/c1-4-25-18-20-16-15(17(23)21-18)13(9-14(22)19-16)11-5-7-12(8-6-11)24-10(2)3/h5-8,10,13H,4,9H2,1-3H3,(H2,19,20,21,22,23). The molecule has 0 saturated carbocycles. The summed E-state index contributed by atoms with van der Waals surface area (Å²) in [6.07, 6.45) is 0.316. The minimum Gasteiger partial charge on any atom is -0.491 e. The summed E-state index contributed by atoms with van der Waals surface area (Å²) in [6, 6.07) is 7.53. The van der Waals surface area contributed by atoms with Gasteiger partial charge in [-0.05, 0) is 37.3 Å². The van der Waals surface area contributed by atoms with Crippen LogP contribution in [0.25, 0.3) is 0 Å². The number of fused-ring (bicyclic) bond motifs is 1. The molecule has 132 valence electrons. The van der Waals surface area contributed by atoms with Gasteiger partial charge < -0.3 is 15.0 Å². The van der Waals surface area contributed by atoms with E-state index < -0.39 is 0 Å². The molecule has 1 amide bonds. The number of H-pyrrole nitrogens is 1. The van der Waals surface area contributed by atoms with Crippen LogP contribution in [0.3, 0.4) is 0 Å². The van der Waals surface area contributed by atoms with E-state index in [-0.39, 0.29) is 29.9 Å². The second-order valence-electron chi connectivity index (χ2n) is 6.11. The van der Waals surface area contributed by atoms with Gasteiger partial charge in [0.05, 0.1) is 11.7 Å². The van der Waals surface area contributed by atoms with Gasteiger partial charge in [-0.2, -0.15) is 0 Å². The summed E-state index contributed by atoms with van der Waals surface area (Å²) >= 11 is 1.43. The maximum atomic E-state index is 12.6. The van der Waals surface area contributed by atoms with E-state index in [1.165, 1.54) is 11.8 Å². The van der Waals surface area contributed by atoms with Gasteiger partial charge in [-0.3, -0.25) is 9.59 Å². The molecule has 6 nitrogen and oxygen atoms in total. The van der Waals surface area contributed by atoms with E-state index in [2.05, 4.69) is 15.3 Å². The molecule has 0 fully saturated rings. The van der Waals surface area contributed by atoms with E-state index in [1.54, 1.807) is 0 Å². The first-order valence-corrected chi connectivity index (χ1v) is 9.30. The zero-order valence-corrected chi connectivity index (χ0v) is 15.3. The quantitative estimate of drug-likeness (QED) is 0.633. The Balaban J connectivity index is 1.99. The molecule has 0 spiro atoms. The van der Waals surface area contributed by atoms with Crippen molar-refractivity contribution in [3.63, 3.8) is 0 Å². The third-order valence-electron chi connectivity index (χ3n) is 3.86. The van der Waals surface area contributed by atoms with Crippen LogP contribution in [0, 0.1) is 0 Å². The molecule has 1 atom stereocenters. The molecule has 0 aliphatic carbocycles. The van der Waals surface area contributed by atoms with Crippen LogP contribution in [-0.4, -0.2) is 27.7 Å². The van der Waals surface area contributed by atoms with Crippen molar-refractivity contribution < 1.29 is 9.53 Å². The second kappa shape index (κ2) is 7.31. The van der Waals surface area contributed by atoms with Gasteiger partial charge in [-0.1, -0.05) is 30.8 Å². The van der Waals surface area contributed by atoms with Crippen molar-refractivity contribution in [2.45, 2.75) is 44.4 Å². The van der Waals surface area contributed by atoms with Gasteiger partial charge in [-0.25, -0.2) is 4.98 Å². The molecule has 3 rings (SSSR count). The number of aromatic amines is 1. The van der Waals surface area contributed by atoms with Crippen molar-refractivity contribution >= 4 is 23.5 Å². The van der Waals surface area contributed by atoms with Crippen molar-refractivity contribution in [1.29, 1.82) is 0 Å². The van der Waals surface area contributed by atoms with E-state index in [0.29, 0.717) is 16.5 Å². The molecule has 1 aliphatic rings. The van der Waals surface area contributed by atoms with Gasteiger partial charge in [0.15, 0.2) is 5.16 Å². The number of benzene rings is 1. The first-order valence-electron chi connectivity index (χ1n) is 8.31. The third-order valence-corrected chi connectivity index (χ3v) is 4.62. The molecule has 2 aromatic rings. The summed E-state index contributed by atoms with van der Waals surface area (Å²) in [4.78, 5) is 31.9. The Hall–Kier alpha value is -2.28. The highest BCUT2D eigenvalue weighted by Crippen LogP contribution is 2.35. The van der Waals surface area contributed by atoms with Gasteiger partial charge in [0.1, 0.15) is 11.6 Å².